The molecule has 1 amide bonds. The van der Waals surface area contributed by atoms with Gasteiger partial charge in [0, 0.05) is 23.3 Å². The van der Waals surface area contributed by atoms with E-state index in [1.165, 1.54) is 13.3 Å². The van der Waals surface area contributed by atoms with Gasteiger partial charge in [0.15, 0.2) is 0 Å². The summed E-state index contributed by atoms with van der Waals surface area (Å²) in [5, 5.41) is 12.3. The molecule has 0 radical (unpaired) electrons. The van der Waals surface area contributed by atoms with Crippen LogP contribution in [0.1, 0.15) is 41.6 Å². The van der Waals surface area contributed by atoms with Gasteiger partial charge < -0.3 is 14.8 Å². The predicted octanol–water partition coefficient (Wildman–Crippen LogP) is 3.74. The number of pyridine rings is 1. The van der Waals surface area contributed by atoms with Crippen LogP contribution in [0, 0.1) is 11.3 Å². The van der Waals surface area contributed by atoms with E-state index in [0.717, 1.165) is 25.7 Å². The maximum absolute atomic E-state index is 12.6. The summed E-state index contributed by atoms with van der Waals surface area (Å²) >= 11 is 6.00. The number of methoxy groups -OCH3 is 1. The molecular weight excluding hydrogens is 366 g/mol. The number of benzene rings is 1. The second kappa shape index (κ2) is 8.74. The summed E-state index contributed by atoms with van der Waals surface area (Å²) < 4.78 is 11.1. The van der Waals surface area contributed by atoms with Gasteiger partial charge in [0.25, 0.3) is 5.91 Å². The summed E-state index contributed by atoms with van der Waals surface area (Å²) in [6.07, 6.45) is 4.82. The molecule has 0 atom stereocenters. The Hall–Kier alpha value is -2.78. The number of carbonyl (C=O) groups is 1. The van der Waals surface area contributed by atoms with Gasteiger partial charge in [0.1, 0.15) is 17.9 Å². The lowest BCUT2D eigenvalue weighted by Crippen LogP contribution is -2.39. The van der Waals surface area contributed by atoms with E-state index in [1.807, 2.05) is 6.07 Å². The highest BCUT2D eigenvalue weighted by Crippen LogP contribution is 2.25. The van der Waals surface area contributed by atoms with Gasteiger partial charge in [-0.05, 0) is 49.9 Å². The van der Waals surface area contributed by atoms with Crippen molar-refractivity contribution in [1.82, 2.24) is 10.3 Å². The van der Waals surface area contributed by atoms with Crippen LogP contribution in [-0.4, -0.2) is 30.1 Å². The minimum absolute atomic E-state index is 0.0549. The first-order valence-corrected chi connectivity index (χ1v) is 9.14. The molecule has 1 aromatic carbocycles. The molecule has 27 heavy (non-hydrogen) atoms. The molecule has 1 aromatic heterocycles. The Morgan fingerprint density at radius 1 is 1.26 bits per heavy atom. The molecule has 0 saturated heterocycles. The van der Waals surface area contributed by atoms with Crippen molar-refractivity contribution in [2.45, 2.75) is 37.8 Å². The lowest BCUT2D eigenvalue weighted by Gasteiger charge is -2.29. The average molecular weight is 386 g/mol. The van der Waals surface area contributed by atoms with Crippen LogP contribution in [0.3, 0.4) is 0 Å². The van der Waals surface area contributed by atoms with E-state index in [2.05, 4.69) is 10.3 Å². The van der Waals surface area contributed by atoms with E-state index in [1.54, 1.807) is 30.3 Å². The highest BCUT2D eigenvalue weighted by molar-refractivity contribution is 6.31. The fraction of sp³-hybridized carbons (Fsp3) is 0.350. The number of carbonyl (C=O) groups excluding carboxylic acids is 1. The molecule has 140 valence electrons. The van der Waals surface area contributed by atoms with Gasteiger partial charge in [-0.15, -0.1) is 0 Å². The molecular formula is C20H20ClN3O3. The number of nitrogens with one attached hydrogen (secondary N) is 1. The van der Waals surface area contributed by atoms with Crippen LogP contribution < -0.4 is 14.8 Å². The Morgan fingerprint density at radius 3 is 2.67 bits per heavy atom. The molecule has 7 heteroatoms. The summed E-state index contributed by atoms with van der Waals surface area (Å²) in [5.41, 5.74) is 0.940. The van der Waals surface area contributed by atoms with Crippen LogP contribution in [-0.2, 0) is 0 Å². The molecule has 1 aliphatic rings. The zero-order valence-electron chi connectivity index (χ0n) is 14.9. The van der Waals surface area contributed by atoms with Crippen molar-refractivity contribution in [3.63, 3.8) is 0 Å². The normalized spacial score (nSPS) is 19.0. The number of nitriles is 1. The Labute approximate surface area is 163 Å². The van der Waals surface area contributed by atoms with Crippen molar-refractivity contribution in [3.8, 4) is 17.7 Å². The van der Waals surface area contributed by atoms with E-state index < -0.39 is 0 Å². The fourth-order valence-electron chi connectivity index (χ4n) is 3.13. The first-order valence-electron chi connectivity index (χ1n) is 8.76. The number of ether oxygens (including phenoxy) is 2. The minimum atomic E-state index is -0.188. The van der Waals surface area contributed by atoms with Crippen molar-refractivity contribution >= 4 is 17.5 Å². The number of nitrogens with zero attached hydrogens (tertiary/aromatic N) is 2. The van der Waals surface area contributed by atoms with Gasteiger partial charge in [-0.1, -0.05) is 11.6 Å². The maximum Gasteiger partial charge on any atom is 0.255 e. The molecule has 2 aromatic rings. The average Bonchev–Trinajstić information content (AvgIpc) is 2.70. The number of halogens is 1. The molecule has 1 fully saturated rings. The second-order valence-corrected chi connectivity index (χ2v) is 6.84. The van der Waals surface area contributed by atoms with Crippen LogP contribution in [0.2, 0.25) is 5.02 Å². The van der Waals surface area contributed by atoms with Gasteiger partial charge in [-0.3, -0.25) is 4.79 Å². The summed E-state index contributed by atoms with van der Waals surface area (Å²) in [4.78, 5) is 16.7. The van der Waals surface area contributed by atoms with Crippen LogP contribution in [0.25, 0.3) is 0 Å². The van der Waals surface area contributed by atoms with Gasteiger partial charge in [0.05, 0.1) is 18.2 Å². The zero-order chi connectivity index (χ0) is 19.2. The Balaban J connectivity index is 1.52. The van der Waals surface area contributed by atoms with Crippen LogP contribution >= 0.6 is 11.6 Å². The molecule has 3 rings (SSSR count). The monoisotopic (exact) mass is 385 g/mol. The number of rotatable bonds is 5. The lowest BCUT2D eigenvalue weighted by atomic mass is 9.92. The number of hydrogen-bond donors (Lipinski definition) is 1. The van der Waals surface area contributed by atoms with Crippen molar-refractivity contribution < 1.29 is 14.3 Å². The molecule has 0 unspecified atom stereocenters. The highest BCUT2D eigenvalue weighted by atomic mass is 35.5. The Morgan fingerprint density at radius 2 is 2.04 bits per heavy atom. The topological polar surface area (TPSA) is 84.2 Å². The van der Waals surface area contributed by atoms with Crippen molar-refractivity contribution in [2.24, 2.45) is 0 Å². The molecule has 0 aliphatic heterocycles. The van der Waals surface area contributed by atoms with Crippen molar-refractivity contribution in [1.29, 1.82) is 5.26 Å². The molecule has 1 aliphatic carbocycles. The van der Waals surface area contributed by atoms with Crippen LogP contribution in [0.4, 0.5) is 0 Å². The van der Waals surface area contributed by atoms with E-state index in [0.29, 0.717) is 27.8 Å². The SMILES string of the molecule is COc1ccc(Cl)cc1C(=O)NC1CCC(Oc2ccc(C#N)cn2)CC1. The molecule has 1 N–H and O–H groups in total. The van der Waals surface area contributed by atoms with E-state index >= 15 is 0 Å². The first-order chi connectivity index (χ1) is 13.1. The first kappa shape index (κ1) is 19.0. The smallest absolute Gasteiger partial charge is 0.255 e. The number of hydrogen-bond acceptors (Lipinski definition) is 5. The molecule has 0 bridgehead atoms. The zero-order valence-corrected chi connectivity index (χ0v) is 15.7. The molecule has 1 heterocycles. The standard InChI is InChI=1S/C20H20ClN3O3/c1-26-18-8-3-14(21)10-17(18)20(25)24-15-4-6-16(7-5-15)27-19-9-2-13(11-22)12-23-19/h2-3,8-10,12,15-16H,4-7H2,1H3,(H,24,25). The van der Waals surface area contributed by atoms with Crippen LogP contribution in [0.15, 0.2) is 36.5 Å². The highest BCUT2D eigenvalue weighted by Gasteiger charge is 2.25. The van der Waals surface area contributed by atoms with Gasteiger partial charge in [-0.25, -0.2) is 4.98 Å². The van der Waals surface area contributed by atoms with Gasteiger partial charge in [-0.2, -0.15) is 5.26 Å². The number of aromatic nitrogens is 1. The van der Waals surface area contributed by atoms with Gasteiger partial charge >= 0.3 is 0 Å². The minimum Gasteiger partial charge on any atom is -0.496 e. The summed E-state index contributed by atoms with van der Waals surface area (Å²) in [7, 11) is 1.53. The second-order valence-electron chi connectivity index (χ2n) is 6.41. The predicted molar refractivity (Wildman–Crippen MR) is 101 cm³/mol. The summed E-state index contributed by atoms with van der Waals surface area (Å²) in [6.45, 7) is 0. The van der Waals surface area contributed by atoms with Gasteiger partial charge in [0.2, 0.25) is 5.88 Å². The molecule has 6 nitrogen and oxygen atoms in total. The van der Waals surface area contributed by atoms with Crippen molar-refractivity contribution in [3.05, 3.63) is 52.7 Å². The lowest BCUT2D eigenvalue weighted by molar-refractivity contribution is 0.0887. The van der Waals surface area contributed by atoms with Crippen molar-refractivity contribution in [2.75, 3.05) is 7.11 Å². The Kier molecular flexibility index (Phi) is 6.15. The maximum atomic E-state index is 12.6. The van der Waals surface area contributed by atoms with Crippen LogP contribution in [0.5, 0.6) is 11.6 Å². The largest absolute Gasteiger partial charge is 0.496 e. The quantitative estimate of drug-likeness (QED) is 0.847. The molecule has 1 saturated carbocycles. The number of amides is 1. The van der Waals surface area contributed by atoms with E-state index in [9.17, 15) is 4.79 Å². The third kappa shape index (κ3) is 4.89. The summed E-state index contributed by atoms with van der Waals surface area (Å²) in [6, 6.07) is 10.5. The third-order valence-electron chi connectivity index (χ3n) is 4.57. The molecule has 0 spiro atoms. The summed E-state index contributed by atoms with van der Waals surface area (Å²) in [5.74, 6) is 0.832. The fourth-order valence-corrected chi connectivity index (χ4v) is 3.30. The van der Waals surface area contributed by atoms with E-state index in [-0.39, 0.29) is 18.1 Å². The Bertz CT molecular complexity index is 841. The van der Waals surface area contributed by atoms with E-state index in [4.69, 9.17) is 26.3 Å². The third-order valence-corrected chi connectivity index (χ3v) is 4.80.